The quantitative estimate of drug-likeness (QED) is 0.382. The first-order chi connectivity index (χ1) is 15.4. The lowest BCUT2D eigenvalue weighted by Gasteiger charge is -2.13. The number of imidazole rings is 1. The van der Waals surface area contributed by atoms with E-state index in [0.717, 1.165) is 34.0 Å². The molecule has 0 saturated carbocycles. The van der Waals surface area contributed by atoms with Crippen molar-refractivity contribution in [1.29, 1.82) is 0 Å². The van der Waals surface area contributed by atoms with Gasteiger partial charge in [0, 0.05) is 37.6 Å². The maximum Gasteiger partial charge on any atom is 0.350 e. The molecule has 8 heteroatoms. The summed E-state index contributed by atoms with van der Waals surface area (Å²) in [6, 6.07) is 14.5. The molecule has 6 nitrogen and oxygen atoms in total. The van der Waals surface area contributed by atoms with E-state index in [0.29, 0.717) is 23.0 Å². The number of rotatable bonds is 7. The number of nitrogens with one attached hydrogen (secondary N) is 1. The van der Waals surface area contributed by atoms with E-state index in [-0.39, 0.29) is 11.8 Å². The van der Waals surface area contributed by atoms with Crippen molar-refractivity contribution < 1.29 is 13.9 Å². The molecule has 166 valence electrons. The smallest absolute Gasteiger partial charge is 0.350 e. The minimum absolute atomic E-state index is 0.269. The fraction of sp³-hybridized carbons (Fsp3) is 0.250. The molecular weight excluding hydrogens is 427 g/mol. The summed E-state index contributed by atoms with van der Waals surface area (Å²) >= 11 is 1.31. The second-order valence-corrected chi connectivity index (χ2v) is 8.56. The van der Waals surface area contributed by atoms with Crippen LogP contribution >= 0.6 is 11.3 Å². The zero-order valence-corrected chi connectivity index (χ0v) is 19.3. The fourth-order valence-corrected chi connectivity index (χ4v) is 4.52. The van der Waals surface area contributed by atoms with Crippen LogP contribution in [0, 0.1) is 12.7 Å². The Kier molecular flexibility index (Phi) is 6.14. The molecule has 2 aromatic heterocycles. The molecule has 4 aromatic rings. The average molecular weight is 453 g/mol. The first-order valence-corrected chi connectivity index (χ1v) is 11.2. The molecule has 0 spiro atoms. The Morgan fingerprint density at radius 1 is 1.16 bits per heavy atom. The zero-order chi connectivity index (χ0) is 22.8. The number of aromatic nitrogens is 2. The number of fused-ring (bicyclic) bond motifs is 1. The van der Waals surface area contributed by atoms with Crippen molar-refractivity contribution in [2.45, 2.75) is 20.4 Å². The molecule has 0 unspecified atom stereocenters. The maximum atomic E-state index is 13.3. The minimum atomic E-state index is -0.345. The highest BCUT2D eigenvalue weighted by molar-refractivity contribution is 7.19. The summed E-state index contributed by atoms with van der Waals surface area (Å²) in [5.74, 6) is 0.169. The number of thiazole rings is 1. The van der Waals surface area contributed by atoms with Crippen LogP contribution in [0.25, 0.3) is 16.2 Å². The van der Waals surface area contributed by atoms with Gasteiger partial charge in [-0.1, -0.05) is 35.6 Å². The number of hydrogen-bond donors (Lipinski definition) is 1. The van der Waals surface area contributed by atoms with Crippen LogP contribution in [0.5, 0.6) is 0 Å². The first-order valence-electron chi connectivity index (χ1n) is 10.3. The van der Waals surface area contributed by atoms with E-state index in [9.17, 15) is 9.18 Å². The SMILES string of the molecule is CCOC(=O)c1sc2nc(-c3ccc(N(C)C)cc3)c(NCc3ccc(F)cc3)n2c1C. The number of benzene rings is 2. The summed E-state index contributed by atoms with van der Waals surface area (Å²) in [6.45, 7) is 4.48. The number of carbonyl (C=O) groups excluding carboxylic acids is 1. The number of hydrogen-bond acceptors (Lipinski definition) is 6. The van der Waals surface area contributed by atoms with Crippen LogP contribution in [0.2, 0.25) is 0 Å². The summed E-state index contributed by atoms with van der Waals surface area (Å²) in [6.07, 6.45) is 0. The predicted molar refractivity (Wildman–Crippen MR) is 127 cm³/mol. The molecule has 32 heavy (non-hydrogen) atoms. The van der Waals surface area contributed by atoms with E-state index in [1.165, 1.54) is 23.5 Å². The highest BCUT2D eigenvalue weighted by Gasteiger charge is 2.23. The number of anilines is 2. The third-order valence-corrected chi connectivity index (χ3v) is 6.32. The van der Waals surface area contributed by atoms with Crippen molar-refractivity contribution in [3.05, 3.63) is 70.5 Å². The number of nitrogens with zero attached hydrogens (tertiary/aromatic N) is 3. The molecule has 1 N–H and O–H groups in total. The van der Waals surface area contributed by atoms with Gasteiger partial charge in [-0.2, -0.15) is 0 Å². The van der Waals surface area contributed by atoms with Crippen molar-refractivity contribution in [1.82, 2.24) is 9.38 Å². The van der Waals surface area contributed by atoms with Gasteiger partial charge < -0.3 is 15.0 Å². The third kappa shape index (κ3) is 4.18. The Bertz CT molecular complexity index is 1240. The zero-order valence-electron chi connectivity index (χ0n) is 18.5. The monoisotopic (exact) mass is 452 g/mol. The molecule has 0 atom stereocenters. The Hall–Kier alpha value is -3.39. The van der Waals surface area contributed by atoms with E-state index < -0.39 is 0 Å². The van der Waals surface area contributed by atoms with Crippen molar-refractivity contribution in [3.63, 3.8) is 0 Å². The predicted octanol–water partition coefficient (Wildman–Crippen LogP) is 5.37. The maximum absolute atomic E-state index is 13.3. The van der Waals surface area contributed by atoms with Gasteiger partial charge in [0.2, 0.25) is 0 Å². The molecule has 0 fully saturated rings. The van der Waals surface area contributed by atoms with Gasteiger partial charge >= 0.3 is 5.97 Å². The van der Waals surface area contributed by atoms with E-state index >= 15 is 0 Å². The number of esters is 1. The van der Waals surface area contributed by atoms with Gasteiger partial charge in [-0.15, -0.1) is 0 Å². The number of carbonyl (C=O) groups is 1. The van der Waals surface area contributed by atoms with E-state index in [1.54, 1.807) is 19.1 Å². The number of halogens is 1. The van der Waals surface area contributed by atoms with Gasteiger partial charge in [0.25, 0.3) is 0 Å². The van der Waals surface area contributed by atoms with Crippen molar-refractivity contribution >= 4 is 33.8 Å². The minimum Gasteiger partial charge on any atom is -0.462 e. The third-order valence-electron chi connectivity index (χ3n) is 5.20. The van der Waals surface area contributed by atoms with Crippen LogP contribution in [-0.4, -0.2) is 36.1 Å². The summed E-state index contributed by atoms with van der Waals surface area (Å²) in [4.78, 5) is 20.5. The Morgan fingerprint density at radius 3 is 2.47 bits per heavy atom. The van der Waals surface area contributed by atoms with Crippen LogP contribution in [0.4, 0.5) is 15.9 Å². The number of aryl methyl sites for hydroxylation is 1. The molecule has 4 rings (SSSR count). The van der Waals surface area contributed by atoms with Gasteiger partial charge in [0.05, 0.1) is 6.61 Å². The summed E-state index contributed by atoms with van der Waals surface area (Å²) in [5.41, 5.74) is 4.56. The molecule has 0 bridgehead atoms. The van der Waals surface area contributed by atoms with Crippen LogP contribution in [0.3, 0.4) is 0 Å². The lowest BCUT2D eigenvalue weighted by atomic mass is 10.1. The molecule has 2 heterocycles. The van der Waals surface area contributed by atoms with Gasteiger partial charge in [-0.05, 0) is 43.7 Å². The standard InChI is InChI=1S/C24H25FN4O2S/c1-5-31-23(30)21-15(2)29-22(26-14-16-6-10-18(25)11-7-16)20(27-24(29)32-21)17-8-12-19(13-9-17)28(3)4/h6-13,26H,5,14H2,1-4H3. The van der Waals surface area contributed by atoms with Crippen LogP contribution in [0.15, 0.2) is 48.5 Å². The number of ether oxygens (including phenoxy) is 1. The Morgan fingerprint density at radius 2 is 1.84 bits per heavy atom. The average Bonchev–Trinajstić information content (AvgIpc) is 3.30. The normalized spacial score (nSPS) is 11.0. The Balaban J connectivity index is 1.78. The second-order valence-electron chi connectivity index (χ2n) is 7.59. The van der Waals surface area contributed by atoms with Gasteiger partial charge in [0.15, 0.2) is 4.96 Å². The molecule has 0 saturated heterocycles. The molecule has 0 amide bonds. The van der Waals surface area contributed by atoms with E-state index in [1.807, 2.05) is 54.6 Å². The summed E-state index contributed by atoms with van der Waals surface area (Å²) in [7, 11) is 4.00. The lowest BCUT2D eigenvalue weighted by Crippen LogP contribution is -2.08. The molecule has 2 aromatic carbocycles. The van der Waals surface area contributed by atoms with Gasteiger partial charge in [-0.25, -0.2) is 14.2 Å². The van der Waals surface area contributed by atoms with E-state index in [4.69, 9.17) is 9.72 Å². The van der Waals surface area contributed by atoms with Crippen LogP contribution < -0.4 is 10.2 Å². The van der Waals surface area contributed by atoms with Gasteiger partial charge in [0.1, 0.15) is 22.2 Å². The van der Waals surface area contributed by atoms with Crippen LogP contribution in [0.1, 0.15) is 27.9 Å². The molecule has 0 aliphatic carbocycles. The lowest BCUT2D eigenvalue weighted by molar-refractivity contribution is 0.0531. The van der Waals surface area contributed by atoms with E-state index in [2.05, 4.69) is 5.32 Å². The van der Waals surface area contributed by atoms with Gasteiger partial charge in [-0.3, -0.25) is 4.40 Å². The first kappa shape index (κ1) is 21.8. The molecule has 0 aliphatic rings. The Labute approximate surface area is 190 Å². The topological polar surface area (TPSA) is 58.9 Å². The van der Waals surface area contributed by atoms with Crippen molar-refractivity contribution in [2.75, 3.05) is 30.9 Å². The van der Waals surface area contributed by atoms with Crippen molar-refractivity contribution in [3.8, 4) is 11.3 Å². The molecular formula is C24H25FN4O2S. The van der Waals surface area contributed by atoms with Crippen LogP contribution in [-0.2, 0) is 11.3 Å². The highest BCUT2D eigenvalue weighted by Crippen LogP contribution is 2.35. The molecule has 0 aliphatic heterocycles. The second kappa shape index (κ2) is 9.00. The fourth-order valence-electron chi connectivity index (χ4n) is 3.50. The summed E-state index contributed by atoms with van der Waals surface area (Å²) in [5, 5.41) is 3.46. The largest absolute Gasteiger partial charge is 0.462 e. The van der Waals surface area contributed by atoms with Crippen molar-refractivity contribution in [2.24, 2.45) is 0 Å². The summed E-state index contributed by atoms with van der Waals surface area (Å²) < 4.78 is 20.5. The highest BCUT2D eigenvalue weighted by atomic mass is 32.1. The molecule has 0 radical (unpaired) electrons.